The number of nitrogens with one attached hydrogen (secondary N) is 1. The van der Waals surface area contributed by atoms with Gasteiger partial charge in [0, 0.05) is 27.7 Å². The molecule has 142 valence electrons. The minimum Gasteiger partial charge on any atom is -0.463 e. The van der Waals surface area contributed by atoms with Gasteiger partial charge in [-0.25, -0.2) is 5.90 Å². The van der Waals surface area contributed by atoms with Gasteiger partial charge in [-0.1, -0.05) is 0 Å². The number of ether oxygens (including phenoxy) is 4. The molecular weight excluding hydrogens is 340 g/mol. The van der Waals surface area contributed by atoms with E-state index in [0.717, 1.165) is 13.8 Å². The summed E-state index contributed by atoms with van der Waals surface area (Å²) in [5.74, 6) is 2.74. The molecule has 1 fully saturated rings. The molecule has 1 rings (SSSR count). The Morgan fingerprint density at radius 1 is 0.960 bits per heavy atom. The number of hydrogen-bond acceptors (Lipinski definition) is 10. The summed E-state index contributed by atoms with van der Waals surface area (Å²) in [5.41, 5.74) is 0. The Morgan fingerprint density at radius 3 is 1.96 bits per heavy atom. The molecule has 0 bridgehead atoms. The van der Waals surface area contributed by atoms with E-state index in [-0.39, 0.29) is 6.61 Å². The van der Waals surface area contributed by atoms with Crippen LogP contribution in [0.4, 0.5) is 0 Å². The molecule has 0 aliphatic carbocycles. The zero-order valence-electron chi connectivity index (χ0n) is 14.3. The summed E-state index contributed by atoms with van der Waals surface area (Å²) >= 11 is 0. The standard InChI is InChI=1S/C14H22N2O9/c1-6(17)16-11-13(23-9(4)20)12(22-8(3)19)10(5-21-7(2)18)24-14(11)25-15/h10-14H,5,15H2,1-4H3,(H,16,17)/t10?,11?,12-,13?,14?/m0/s1. The van der Waals surface area contributed by atoms with Gasteiger partial charge in [0.15, 0.2) is 12.2 Å². The molecule has 1 aliphatic heterocycles. The Morgan fingerprint density at radius 2 is 1.52 bits per heavy atom. The molecule has 0 radical (unpaired) electrons. The number of hydrogen-bond donors (Lipinski definition) is 2. The Kier molecular flexibility index (Phi) is 7.74. The monoisotopic (exact) mass is 362 g/mol. The maximum atomic E-state index is 11.5. The van der Waals surface area contributed by atoms with E-state index < -0.39 is 54.5 Å². The van der Waals surface area contributed by atoms with E-state index in [1.807, 2.05) is 0 Å². The van der Waals surface area contributed by atoms with Gasteiger partial charge in [0.2, 0.25) is 12.2 Å². The van der Waals surface area contributed by atoms with E-state index in [1.54, 1.807) is 0 Å². The van der Waals surface area contributed by atoms with Crippen LogP contribution in [0, 0.1) is 0 Å². The lowest BCUT2D eigenvalue weighted by Crippen LogP contribution is -2.67. The lowest BCUT2D eigenvalue weighted by Gasteiger charge is -2.44. The average Bonchev–Trinajstić information content (AvgIpc) is 2.48. The van der Waals surface area contributed by atoms with E-state index in [1.165, 1.54) is 13.8 Å². The van der Waals surface area contributed by atoms with Crippen LogP contribution >= 0.6 is 0 Å². The summed E-state index contributed by atoms with van der Waals surface area (Å²) in [5, 5.41) is 2.48. The number of rotatable bonds is 6. The summed E-state index contributed by atoms with van der Waals surface area (Å²) in [4.78, 5) is 50.1. The van der Waals surface area contributed by atoms with Gasteiger partial charge in [-0.15, -0.1) is 0 Å². The smallest absolute Gasteiger partial charge is 0.303 e. The van der Waals surface area contributed by atoms with Gasteiger partial charge in [0.1, 0.15) is 18.8 Å². The third-order valence-electron chi connectivity index (χ3n) is 3.21. The van der Waals surface area contributed by atoms with Crippen molar-refractivity contribution in [3.63, 3.8) is 0 Å². The van der Waals surface area contributed by atoms with Crippen molar-refractivity contribution in [2.45, 2.75) is 58.3 Å². The first kappa shape index (κ1) is 20.8. The van der Waals surface area contributed by atoms with Crippen LogP contribution in [0.2, 0.25) is 0 Å². The minimum atomic E-state index is -1.24. The molecule has 1 heterocycles. The molecule has 4 unspecified atom stereocenters. The van der Waals surface area contributed by atoms with Crippen molar-refractivity contribution in [2.24, 2.45) is 5.90 Å². The van der Waals surface area contributed by atoms with Crippen molar-refractivity contribution in [2.75, 3.05) is 6.61 Å². The van der Waals surface area contributed by atoms with E-state index >= 15 is 0 Å². The number of esters is 3. The molecule has 0 aromatic rings. The SMILES string of the molecule is CC(=O)NC1C(ON)OC(COC(C)=O)[C@H](OC(C)=O)C1OC(C)=O. The van der Waals surface area contributed by atoms with Gasteiger partial charge in [0.05, 0.1) is 0 Å². The van der Waals surface area contributed by atoms with Crippen LogP contribution in [0.3, 0.4) is 0 Å². The summed E-state index contributed by atoms with van der Waals surface area (Å²) in [7, 11) is 0. The second-order valence-electron chi connectivity index (χ2n) is 5.36. The lowest BCUT2D eigenvalue weighted by molar-refractivity contribution is -0.279. The Hall–Kier alpha value is -2.24. The second-order valence-corrected chi connectivity index (χ2v) is 5.36. The first-order valence-electron chi connectivity index (χ1n) is 7.41. The van der Waals surface area contributed by atoms with E-state index in [9.17, 15) is 19.2 Å². The molecule has 0 aromatic carbocycles. The third kappa shape index (κ3) is 6.29. The van der Waals surface area contributed by atoms with Crippen LogP contribution in [-0.2, 0) is 43.0 Å². The number of carbonyl (C=O) groups excluding carboxylic acids is 4. The summed E-state index contributed by atoms with van der Waals surface area (Å²) in [6.45, 7) is 4.39. The van der Waals surface area contributed by atoms with Crippen molar-refractivity contribution in [3.8, 4) is 0 Å². The topological polar surface area (TPSA) is 152 Å². The van der Waals surface area contributed by atoms with Crippen molar-refractivity contribution in [3.05, 3.63) is 0 Å². The zero-order chi connectivity index (χ0) is 19.1. The first-order valence-corrected chi connectivity index (χ1v) is 7.41. The number of nitrogens with two attached hydrogens (primary N) is 1. The van der Waals surface area contributed by atoms with Gasteiger partial charge in [-0.3, -0.25) is 24.0 Å². The normalized spacial score (nSPS) is 28.6. The van der Waals surface area contributed by atoms with Crippen molar-refractivity contribution in [1.29, 1.82) is 0 Å². The number of amides is 1. The molecule has 1 amide bonds. The van der Waals surface area contributed by atoms with Crippen LogP contribution in [0.25, 0.3) is 0 Å². The molecule has 3 N–H and O–H groups in total. The quantitative estimate of drug-likeness (QED) is 0.325. The van der Waals surface area contributed by atoms with E-state index in [2.05, 4.69) is 5.32 Å². The molecule has 1 saturated heterocycles. The molecule has 0 aromatic heterocycles. The Bertz CT molecular complexity index is 524. The van der Waals surface area contributed by atoms with E-state index in [0.29, 0.717) is 0 Å². The predicted octanol–water partition coefficient (Wildman–Crippen LogP) is -1.47. The summed E-state index contributed by atoms with van der Waals surface area (Å²) < 4.78 is 20.8. The highest BCUT2D eigenvalue weighted by Crippen LogP contribution is 2.27. The van der Waals surface area contributed by atoms with Crippen LogP contribution in [0.15, 0.2) is 0 Å². The lowest BCUT2D eigenvalue weighted by atomic mass is 9.96. The van der Waals surface area contributed by atoms with Crippen LogP contribution in [0.1, 0.15) is 27.7 Å². The van der Waals surface area contributed by atoms with Crippen molar-refractivity contribution < 1.29 is 43.0 Å². The van der Waals surface area contributed by atoms with Crippen LogP contribution in [0.5, 0.6) is 0 Å². The maximum absolute atomic E-state index is 11.5. The predicted molar refractivity (Wildman–Crippen MR) is 79.3 cm³/mol. The van der Waals surface area contributed by atoms with Gasteiger partial charge in [-0.05, 0) is 0 Å². The largest absolute Gasteiger partial charge is 0.463 e. The maximum Gasteiger partial charge on any atom is 0.303 e. The Balaban J connectivity index is 3.18. The van der Waals surface area contributed by atoms with Gasteiger partial charge >= 0.3 is 17.9 Å². The molecule has 11 heteroatoms. The number of carbonyl (C=O) groups is 4. The van der Waals surface area contributed by atoms with Crippen molar-refractivity contribution in [1.82, 2.24) is 5.32 Å². The highest BCUT2D eigenvalue weighted by Gasteiger charge is 2.51. The first-order chi connectivity index (χ1) is 11.6. The molecule has 1 aliphatic rings. The second kappa shape index (κ2) is 9.30. The van der Waals surface area contributed by atoms with Crippen LogP contribution in [-0.4, -0.2) is 61.1 Å². The third-order valence-corrected chi connectivity index (χ3v) is 3.21. The van der Waals surface area contributed by atoms with Gasteiger partial charge in [-0.2, -0.15) is 0 Å². The fraction of sp³-hybridized carbons (Fsp3) is 0.714. The highest BCUT2D eigenvalue weighted by atomic mass is 16.8. The van der Waals surface area contributed by atoms with Crippen LogP contribution < -0.4 is 11.2 Å². The molecule has 0 spiro atoms. The minimum absolute atomic E-state index is 0.308. The van der Waals surface area contributed by atoms with Crippen molar-refractivity contribution >= 4 is 23.8 Å². The van der Waals surface area contributed by atoms with E-state index in [4.69, 9.17) is 29.7 Å². The molecular formula is C14H22N2O9. The van der Waals surface area contributed by atoms with Gasteiger partial charge in [0.25, 0.3) is 0 Å². The summed E-state index contributed by atoms with van der Waals surface area (Å²) in [6, 6.07) is -1.05. The Labute approximate surface area is 144 Å². The van der Waals surface area contributed by atoms with Gasteiger partial charge < -0.3 is 24.3 Å². The summed E-state index contributed by atoms with van der Waals surface area (Å²) in [6.07, 6.45) is -4.60. The molecule has 5 atom stereocenters. The average molecular weight is 362 g/mol. The fourth-order valence-corrected chi connectivity index (χ4v) is 2.41. The highest BCUT2D eigenvalue weighted by molar-refractivity contribution is 5.73. The fourth-order valence-electron chi connectivity index (χ4n) is 2.41. The molecule has 11 nitrogen and oxygen atoms in total. The molecule has 0 saturated carbocycles. The molecule has 25 heavy (non-hydrogen) atoms. The zero-order valence-corrected chi connectivity index (χ0v) is 14.3.